The third kappa shape index (κ3) is 3.26. The third-order valence-corrected chi connectivity index (χ3v) is 5.75. The van der Waals surface area contributed by atoms with E-state index in [9.17, 15) is 4.79 Å². The molecule has 5 rings (SSSR count). The maximum atomic E-state index is 12.8. The van der Waals surface area contributed by atoms with Crippen molar-refractivity contribution in [2.45, 2.75) is 13.5 Å². The van der Waals surface area contributed by atoms with Gasteiger partial charge >= 0.3 is 0 Å². The molecule has 4 heteroatoms. The van der Waals surface area contributed by atoms with Gasteiger partial charge in [-0.2, -0.15) is 0 Å². The van der Waals surface area contributed by atoms with Crippen LogP contribution in [0.2, 0.25) is 0 Å². The Labute approximate surface area is 180 Å². The largest absolute Gasteiger partial charge is 0.453 e. The van der Waals surface area contributed by atoms with E-state index in [1.54, 1.807) is 6.21 Å². The van der Waals surface area contributed by atoms with E-state index in [0.29, 0.717) is 5.76 Å². The van der Waals surface area contributed by atoms with Crippen LogP contribution in [0.25, 0.3) is 32.6 Å². The van der Waals surface area contributed by atoms with Crippen LogP contribution in [-0.4, -0.2) is 23.1 Å². The molecule has 0 unspecified atom stereocenters. The zero-order valence-corrected chi connectivity index (χ0v) is 17.3. The van der Waals surface area contributed by atoms with Crippen molar-refractivity contribution in [1.29, 1.82) is 0 Å². The van der Waals surface area contributed by atoms with E-state index < -0.39 is 0 Å². The third-order valence-electron chi connectivity index (χ3n) is 5.75. The fourth-order valence-electron chi connectivity index (χ4n) is 4.21. The Morgan fingerprint density at radius 2 is 1.81 bits per heavy atom. The van der Waals surface area contributed by atoms with Gasteiger partial charge in [-0.25, -0.2) is 0 Å². The summed E-state index contributed by atoms with van der Waals surface area (Å²) in [5.41, 5.74) is 3.99. The van der Waals surface area contributed by atoms with Crippen LogP contribution in [0.3, 0.4) is 0 Å². The number of Topliss-reactive ketones (excluding diaryl/α,β-unsaturated/α-hetero) is 1. The molecule has 0 spiro atoms. The minimum absolute atomic E-state index is 0.0398. The molecule has 0 aliphatic rings. The Morgan fingerprint density at radius 3 is 2.65 bits per heavy atom. The fraction of sp³-hybridized carbons (Fsp3) is 0.111. The molecule has 0 saturated heterocycles. The number of benzene rings is 3. The number of carbonyl (C=O) groups is 1. The van der Waals surface area contributed by atoms with Crippen LogP contribution in [0.4, 0.5) is 0 Å². The van der Waals surface area contributed by atoms with Gasteiger partial charge in [-0.1, -0.05) is 54.6 Å². The average Bonchev–Trinajstić information content (AvgIpc) is 3.35. The van der Waals surface area contributed by atoms with Crippen LogP contribution >= 0.6 is 0 Å². The van der Waals surface area contributed by atoms with Gasteiger partial charge in [0.15, 0.2) is 5.76 Å². The molecular formula is C27H22N2O2. The van der Waals surface area contributed by atoms with Crippen molar-refractivity contribution in [1.82, 2.24) is 4.57 Å². The SMILES string of the molecule is C=CCn1c(C)c(C=NCC(=O)c2cc3c(ccc4ccccc43)o2)c2ccccc21. The highest BCUT2D eigenvalue weighted by atomic mass is 16.3. The number of aliphatic imine (C=N–C) groups is 1. The number of hydrogen-bond acceptors (Lipinski definition) is 3. The number of fused-ring (bicyclic) bond motifs is 4. The minimum Gasteiger partial charge on any atom is -0.453 e. The lowest BCUT2D eigenvalue weighted by atomic mass is 10.1. The second kappa shape index (κ2) is 7.73. The van der Waals surface area contributed by atoms with Gasteiger partial charge in [0.1, 0.15) is 12.1 Å². The molecule has 0 bridgehead atoms. The Morgan fingerprint density at radius 1 is 1.03 bits per heavy atom. The average molecular weight is 406 g/mol. The van der Waals surface area contributed by atoms with Crippen molar-refractivity contribution in [2.24, 2.45) is 4.99 Å². The second-order valence-electron chi connectivity index (χ2n) is 7.62. The first-order chi connectivity index (χ1) is 15.2. The van der Waals surface area contributed by atoms with Crippen molar-refractivity contribution < 1.29 is 9.21 Å². The van der Waals surface area contributed by atoms with E-state index in [1.807, 2.05) is 54.6 Å². The lowest BCUT2D eigenvalue weighted by Crippen LogP contribution is -2.02. The summed E-state index contributed by atoms with van der Waals surface area (Å²) in [5.74, 6) is 0.207. The fourth-order valence-corrected chi connectivity index (χ4v) is 4.21. The number of carbonyl (C=O) groups excluding carboxylic acids is 1. The van der Waals surface area contributed by atoms with Gasteiger partial charge in [0.2, 0.25) is 5.78 Å². The highest BCUT2D eigenvalue weighted by Crippen LogP contribution is 2.28. The molecule has 0 atom stereocenters. The quantitative estimate of drug-likeness (QED) is 0.188. The summed E-state index contributed by atoms with van der Waals surface area (Å²) < 4.78 is 8.04. The van der Waals surface area contributed by atoms with Gasteiger partial charge in [-0.05, 0) is 35.9 Å². The molecule has 2 heterocycles. The van der Waals surface area contributed by atoms with Gasteiger partial charge in [0, 0.05) is 40.3 Å². The number of allylic oxidation sites excluding steroid dienone is 1. The monoisotopic (exact) mass is 406 g/mol. The molecule has 0 radical (unpaired) electrons. The zero-order chi connectivity index (χ0) is 21.4. The number of hydrogen-bond donors (Lipinski definition) is 0. The van der Waals surface area contributed by atoms with Crippen LogP contribution in [-0.2, 0) is 6.54 Å². The Balaban J connectivity index is 1.44. The molecule has 5 aromatic rings. The van der Waals surface area contributed by atoms with Crippen molar-refractivity contribution in [3.63, 3.8) is 0 Å². The predicted octanol–water partition coefficient (Wildman–Crippen LogP) is 6.34. The van der Waals surface area contributed by atoms with E-state index in [4.69, 9.17) is 4.42 Å². The number of rotatable bonds is 6. The lowest BCUT2D eigenvalue weighted by Gasteiger charge is -2.03. The molecule has 4 nitrogen and oxygen atoms in total. The first-order valence-electron chi connectivity index (χ1n) is 10.3. The zero-order valence-electron chi connectivity index (χ0n) is 17.3. The van der Waals surface area contributed by atoms with Gasteiger partial charge in [-0.3, -0.25) is 9.79 Å². The predicted molar refractivity (Wildman–Crippen MR) is 127 cm³/mol. The van der Waals surface area contributed by atoms with Gasteiger partial charge in [-0.15, -0.1) is 6.58 Å². The summed E-state index contributed by atoms with van der Waals surface area (Å²) in [7, 11) is 0. The first-order valence-corrected chi connectivity index (χ1v) is 10.3. The summed E-state index contributed by atoms with van der Waals surface area (Å²) >= 11 is 0. The number of furan rings is 1. The molecule has 3 aromatic carbocycles. The lowest BCUT2D eigenvalue weighted by molar-refractivity contribution is 0.0978. The Kier molecular flexibility index (Phi) is 4.75. The number of ketones is 1. The highest BCUT2D eigenvalue weighted by molar-refractivity contribution is 6.09. The van der Waals surface area contributed by atoms with Crippen molar-refractivity contribution in [2.75, 3.05) is 6.54 Å². The summed E-state index contributed by atoms with van der Waals surface area (Å²) in [4.78, 5) is 17.2. The molecule has 0 aliphatic heterocycles. The molecule has 152 valence electrons. The summed E-state index contributed by atoms with van der Waals surface area (Å²) in [5, 5.41) is 4.28. The van der Waals surface area contributed by atoms with Crippen LogP contribution in [0.5, 0.6) is 0 Å². The molecule has 0 saturated carbocycles. The highest BCUT2D eigenvalue weighted by Gasteiger charge is 2.14. The molecule has 0 fully saturated rings. The number of nitrogens with zero attached hydrogens (tertiary/aromatic N) is 2. The van der Waals surface area contributed by atoms with E-state index in [1.165, 1.54) is 0 Å². The topological polar surface area (TPSA) is 47.5 Å². The van der Waals surface area contributed by atoms with Gasteiger partial charge in [0.25, 0.3) is 0 Å². The van der Waals surface area contributed by atoms with Gasteiger partial charge in [0.05, 0.1) is 0 Å². The standard InChI is InChI=1S/C27H22N2O2/c1-3-14-29-18(2)23(21-10-6-7-11-24(21)29)16-28-17-25(30)27-15-22-20-9-5-4-8-19(20)12-13-26(22)31-27/h3-13,15-16H,1,14,17H2,2H3. The maximum absolute atomic E-state index is 12.8. The smallest absolute Gasteiger partial charge is 0.219 e. The summed E-state index contributed by atoms with van der Waals surface area (Å²) in [6.07, 6.45) is 3.68. The molecular weight excluding hydrogens is 384 g/mol. The van der Waals surface area contributed by atoms with Crippen LogP contribution in [0.1, 0.15) is 21.8 Å². The summed E-state index contributed by atoms with van der Waals surface area (Å²) in [6, 6.07) is 22.1. The first kappa shape index (κ1) is 19.1. The Hall–Kier alpha value is -3.92. The molecule has 0 amide bonds. The van der Waals surface area contributed by atoms with Crippen LogP contribution in [0.15, 0.2) is 88.8 Å². The van der Waals surface area contributed by atoms with Crippen molar-refractivity contribution in [3.8, 4) is 0 Å². The van der Waals surface area contributed by atoms with E-state index >= 15 is 0 Å². The second-order valence-corrected chi connectivity index (χ2v) is 7.62. The van der Waals surface area contributed by atoms with Crippen LogP contribution in [0, 0.1) is 6.92 Å². The van der Waals surface area contributed by atoms with E-state index in [0.717, 1.165) is 50.4 Å². The normalized spacial score (nSPS) is 11.8. The van der Waals surface area contributed by atoms with Crippen molar-refractivity contribution in [3.05, 3.63) is 96.4 Å². The molecule has 0 N–H and O–H groups in total. The maximum Gasteiger partial charge on any atom is 0.219 e. The number of aromatic nitrogens is 1. The van der Waals surface area contributed by atoms with Gasteiger partial charge < -0.3 is 8.98 Å². The molecule has 2 aromatic heterocycles. The molecule has 0 aliphatic carbocycles. The van der Waals surface area contributed by atoms with Crippen molar-refractivity contribution >= 4 is 44.6 Å². The Bertz CT molecular complexity index is 1480. The minimum atomic E-state index is -0.135. The van der Waals surface area contributed by atoms with Crippen LogP contribution < -0.4 is 0 Å². The van der Waals surface area contributed by atoms with E-state index in [2.05, 4.69) is 41.3 Å². The summed E-state index contributed by atoms with van der Waals surface area (Å²) in [6.45, 7) is 6.69. The van der Waals surface area contributed by atoms with E-state index in [-0.39, 0.29) is 12.3 Å². The molecule has 31 heavy (non-hydrogen) atoms. The number of para-hydroxylation sites is 1.